The van der Waals surface area contributed by atoms with Crippen molar-refractivity contribution in [3.63, 3.8) is 0 Å². The van der Waals surface area contributed by atoms with Crippen LogP contribution in [0.25, 0.3) is 0 Å². The molecular weight excluding hydrogens is 268 g/mol. The Morgan fingerprint density at radius 2 is 1.80 bits per heavy atom. The summed E-state index contributed by atoms with van der Waals surface area (Å²) >= 11 is 5.88. The maximum absolute atomic E-state index is 5.88. The third kappa shape index (κ3) is 1.99. The zero-order valence-corrected chi connectivity index (χ0v) is 12.1. The Kier molecular flexibility index (Phi) is 2.74. The number of hydrogen-bond acceptors (Lipinski definition) is 2. The highest BCUT2D eigenvalue weighted by Gasteiger charge is 2.52. The highest BCUT2D eigenvalue weighted by Crippen LogP contribution is 2.56. The number of halogens is 1. The van der Waals surface area contributed by atoms with Crippen molar-refractivity contribution in [1.82, 2.24) is 4.98 Å². The lowest BCUT2D eigenvalue weighted by atomic mass is 9.56. The second kappa shape index (κ2) is 4.49. The predicted octanol–water partition coefficient (Wildman–Crippen LogP) is 4.12. The van der Waals surface area contributed by atoms with Crippen molar-refractivity contribution in [2.24, 2.45) is 5.41 Å². The van der Waals surface area contributed by atoms with Gasteiger partial charge < -0.3 is 4.90 Å². The van der Waals surface area contributed by atoms with Crippen molar-refractivity contribution in [3.8, 4) is 0 Å². The van der Waals surface area contributed by atoms with Crippen molar-refractivity contribution >= 4 is 17.4 Å². The SMILES string of the molecule is Clc1ccc(N2CC3(CC(c4ccccc4)C3)C2)nc1. The molecule has 1 aromatic heterocycles. The van der Waals surface area contributed by atoms with Crippen LogP contribution in [-0.2, 0) is 0 Å². The minimum absolute atomic E-state index is 0.543. The van der Waals surface area contributed by atoms with E-state index >= 15 is 0 Å². The molecule has 1 saturated carbocycles. The summed E-state index contributed by atoms with van der Waals surface area (Å²) in [7, 11) is 0. The molecule has 2 aliphatic rings. The van der Waals surface area contributed by atoms with Crippen molar-refractivity contribution in [1.29, 1.82) is 0 Å². The number of aromatic nitrogens is 1. The molecule has 0 N–H and O–H groups in total. The van der Waals surface area contributed by atoms with Gasteiger partial charge in [0.15, 0.2) is 0 Å². The molecule has 2 heterocycles. The third-order valence-corrected chi connectivity index (χ3v) is 4.94. The molecule has 4 rings (SSSR count). The lowest BCUT2D eigenvalue weighted by Gasteiger charge is -2.59. The summed E-state index contributed by atoms with van der Waals surface area (Å²) in [6, 6.07) is 14.8. The second-order valence-electron chi connectivity index (χ2n) is 6.21. The van der Waals surface area contributed by atoms with Crippen molar-refractivity contribution in [2.75, 3.05) is 18.0 Å². The quantitative estimate of drug-likeness (QED) is 0.825. The molecule has 0 atom stereocenters. The molecule has 0 amide bonds. The normalized spacial score (nSPS) is 20.6. The highest BCUT2D eigenvalue weighted by atomic mass is 35.5. The van der Waals surface area contributed by atoms with Crippen LogP contribution in [0.2, 0.25) is 5.02 Å². The van der Waals surface area contributed by atoms with E-state index < -0.39 is 0 Å². The Morgan fingerprint density at radius 3 is 2.45 bits per heavy atom. The Bertz CT molecular complexity index is 595. The van der Waals surface area contributed by atoms with Gasteiger partial charge in [-0.1, -0.05) is 41.9 Å². The molecule has 0 bridgehead atoms. The second-order valence-corrected chi connectivity index (χ2v) is 6.64. The van der Waals surface area contributed by atoms with E-state index in [9.17, 15) is 0 Å². The van der Waals surface area contributed by atoms with Crippen LogP contribution in [0.3, 0.4) is 0 Å². The monoisotopic (exact) mass is 284 g/mol. The summed E-state index contributed by atoms with van der Waals surface area (Å²) in [6.45, 7) is 2.29. The summed E-state index contributed by atoms with van der Waals surface area (Å²) in [4.78, 5) is 6.75. The Labute approximate surface area is 124 Å². The number of benzene rings is 1. The smallest absolute Gasteiger partial charge is 0.128 e. The van der Waals surface area contributed by atoms with Crippen molar-refractivity contribution in [3.05, 3.63) is 59.2 Å². The molecule has 1 aromatic carbocycles. The molecule has 1 spiro atoms. The van der Waals surface area contributed by atoms with Crippen LogP contribution in [-0.4, -0.2) is 18.1 Å². The van der Waals surface area contributed by atoms with Crippen LogP contribution in [0.5, 0.6) is 0 Å². The summed E-state index contributed by atoms with van der Waals surface area (Å²) < 4.78 is 0. The van der Waals surface area contributed by atoms with Crippen LogP contribution in [0, 0.1) is 5.41 Å². The van der Waals surface area contributed by atoms with E-state index in [1.165, 1.54) is 18.4 Å². The molecule has 1 aliphatic carbocycles. The maximum Gasteiger partial charge on any atom is 0.128 e. The molecule has 20 heavy (non-hydrogen) atoms. The summed E-state index contributed by atoms with van der Waals surface area (Å²) in [5, 5.41) is 0.705. The largest absolute Gasteiger partial charge is 0.355 e. The molecule has 1 saturated heterocycles. The van der Waals surface area contributed by atoms with E-state index in [2.05, 4.69) is 40.2 Å². The lowest BCUT2D eigenvalue weighted by molar-refractivity contribution is 0.0627. The van der Waals surface area contributed by atoms with Gasteiger partial charge in [-0.05, 0) is 36.5 Å². The molecule has 3 heteroatoms. The Hall–Kier alpha value is -1.54. The van der Waals surface area contributed by atoms with Gasteiger partial charge in [0.25, 0.3) is 0 Å². The fourth-order valence-electron chi connectivity index (χ4n) is 3.69. The number of hydrogen-bond donors (Lipinski definition) is 0. The van der Waals surface area contributed by atoms with Gasteiger partial charge in [-0.3, -0.25) is 0 Å². The van der Waals surface area contributed by atoms with Gasteiger partial charge in [0.05, 0.1) is 5.02 Å². The van der Waals surface area contributed by atoms with Gasteiger partial charge in [0.1, 0.15) is 5.82 Å². The first kappa shape index (κ1) is 12.2. The van der Waals surface area contributed by atoms with Crippen LogP contribution < -0.4 is 4.90 Å². The first-order valence-corrected chi connectivity index (χ1v) is 7.53. The molecule has 2 nitrogen and oxygen atoms in total. The van der Waals surface area contributed by atoms with Gasteiger partial charge in [0.2, 0.25) is 0 Å². The van der Waals surface area contributed by atoms with E-state index in [4.69, 9.17) is 11.6 Å². The Morgan fingerprint density at radius 1 is 1.05 bits per heavy atom. The molecule has 0 unspecified atom stereocenters. The summed E-state index contributed by atoms with van der Waals surface area (Å²) in [5.74, 6) is 1.82. The van der Waals surface area contributed by atoms with Crippen LogP contribution in [0.1, 0.15) is 24.3 Å². The third-order valence-electron chi connectivity index (χ3n) is 4.72. The number of anilines is 1. The number of nitrogens with zero attached hydrogens (tertiary/aromatic N) is 2. The van der Waals surface area contributed by atoms with E-state index in [0.717, 1.165) is 24.8 Å². The lowest BCUT2D eigenvalue weighted by Crippen LogP contribution is -2.62. The fourth-order valence-corrected chi connectivity index (χ4v) is 3.80. The first-order chi connectivity index (χ1) is 9.74. The van der Waals surface area contributed by atoms with Crippen LogP contribution in [0.15, 0.2) is 48.7 Å². The van der Waals surface area contributed by atoms with E-state index in [0.29, 0.717) is 10.4 Å². The average molecular weight is 285 g/mol. The van der Waals surface area contributed by atoms with Crippen LogP contribution in [0.4, 0.5) is 5.82 Å². The molecule has 102 valence electrons. The molecule has 1 aliphatic heterocycles. The zero-order chi connectivity index (χ0) is 13.6. The minimum Gasteiger partial charge on any atom is -0.355 e. The molecule has 0 radical (unpaired) electrons. The molecular formula is C17H17ClN2. The van der Waals surface area contributed by atoms with E-state index in [1.54, 1.807) is 6.20 Å². The minimum atomic E-state index is 0.543. The number of rotatable bonds is 2. The summed E-state index contributed by atoms with van der Waals surface area (Å²) in [6.07, 6.45) is 4.37. The fraction of sp³-hybridized carbons (Fsp3) is 0.353. The predicted molar refractivity (Wildman–Crippen MR) is 82.3 cm³/mol. The first-order valence-electron chi connectivity index (χ1n) is 7.16. The van der Waals surface area contributed by atoms with Gasteiger partial charge in [0, 0.05) is 24.7 Å². The summed E-state index contributed by atoms with van der Waals surface area (Å²) in [5.41, 5.74) is 2.04. The van der Waals surface area contributed by atoms with Crippen molar-refractivity contribution < 1.29 is 0 Å². The van der Waals surface area contributed by atoms with Gasteiger partial charge in [-0.2, -0.15) is 0 Å². The van der Waals surface area contributed by atoms with E-state index in [1.807, 2.05) is 12.1 Å². The van der Waals surface area contributed by atoms with Gasteiger partial charge in [-0.25, -0.2) is 4.98 Å². The highest BCUT2D eigenvalue weighted by molar-refractivity contribution is 6.30. The number of pyridine rings is 1. The standard InChI is InChI=1S/C17H17ClN2/c18-15-6-7-16(19-10-15)20-11-17(12-20)8-14(9-17)13-4-2-1-3-5-13/h1-7,10,14H,8-9,11-12H2. The zero-order valence-electron chi connectivity index (χ0n) is 11.3. The van der Waals surface area contributed by atoms with E-state index in [-0.39, 0.29) is 0 Å². The van der Waals surface area contributed by atoms with Gasteiger partial charge in [-0.15, -0.1) is 0 Å². The van der Waals surface area contributed by atoms with Crippen molar-refractivity contribution in [2.45, 2.75) is 18.8 Å². The van der Waals surface area contributed by atoms with Crippen LogP contribution >= 0.6 is 11.6 Å². The average Bonchev–Trinajstić information content (AvgIpc) is 2.39. The van der Waals surface area contributed by atoms with Gasteiger partial charge >= 0.3 is 0 Å². The topological polar surface area (TPSA) is 16.1 Å². The maximum atomic E-state index is 5.88. The Balaban J connectivity index is 1.37. The molecule has 2 fully saturated rings. The molecule has 2 aromatic rings.